The molecule has 0 bridgehead atoms. The molecule has 0 unspecified atom stereocenters. The summed E-state index contributed by atoms with van der Waals surface area (Å²) in [5.74, 6) is 1.19. The third-order valence-electron chi connectivity index (χ3n) is 5.39. The topological polar surface area (TPSA) is 72.3 Å². The summed E-state index contributed by atoms with van der Waals surface area (Å²) in [5.41, 5.74) is 1.18. The Kier molecular flexibility index (Phi) is 8.19. The molecule has 0 saturated carbocycles. The highest BCUT2D eigenvalue weighted by Crippen LogP contribution is 2.29. The highest BCUT2D eigenvalue weighted by Gasteiger charge is 2.22. The fourth-order valence-electron chi connectivity index (χ4n) is 3.68. The summed E-state index contributed by atoms with van der Waals surface area (Å²) in [6.45, 7) is 3.07. The standard InChI is InChI=1S/C23H29N5O2S2/c1-27(18-8-3-2-4-9-18)13-7-12-24-21(29)17-32-23-26-25-22(20-11-6-15-31-20)28(23)16-19-10-5-14-30-19/h2-4,6,8-9,11,15,19H,5,7,10,12-14,16-17H2,1H3,(H,24,29)/t19-/m0/s1. The van der Waals surface area contributed by atoms with Gasteiger partial charge in [0, 0.05) is 32.4 Å². The number of nitrogens with zero attached hydrogens (tertiary/aromatic N) is 4. The van der Waals surface area contributed by atoms with Crippen LogP contribution in [0.4, 0.5) is 5.69 Å². The quantitative estimate of drug-likeness (QED) is 0.338. The average Bonchev–Trinajstić information content (AvgIpc) is 3.58. The fraction of sp³-hybridized carbons (Fsp3) is 0.435. The lowest BCUT2D eigenvalue weighted by atomic mass is 10.2. The van der Waals surface area contributed by atoms with Gasteiger partial charge in [0.2, 0.25) is 5.91 Å². The number of aromatic nitrogens is 3. The second-order valence-electron chi connectivity index (χ2n) is 7.78. The van der Waals surface area contributed by atoms with Gasteiger partial charge in [-0.1, -0.05) is 36.0 Å². The molecule has 0 aliphatic carbocycles. The zero-order valence-electron chi connectivity index (χ0n) is 18.3. The van der Waals surface area contributed by atoms with Crippen molar-refractivity contribution in [1.82, 2.24) is 20.1 Å². The molecule has 1 fully saturated rings. The number of benzene rings is 1. The Hall–Kier alpha value is -2.36. The lowest BCUT2D eigenvalue weighted by molar-refractivity contribution is -0.118. The Morgan fingerprint density at radius 2 is 2.16 bits per heavy atom. The van der Waals surface area contributed by atoms with Crippen LogP contribution in [0.5, 0.6) is 0 Å². The van der Waals surface area contributed by atoms with Crippen molar-refractivity contribution in [3.8, 4) is 10.7 Å². The Balaban J connectivity index is 1.27. The van der Waals surface area contributed by atoms with E-state index in [1.807, 2.05) is 35.7 Å². The zero-order valence-corrected chi connectivity index (χ0v) is 19.9. The van der Waals surface area contributed by atoms with E-state index in [4.69, 9.17) is 4.74 Å². The molecule has 9 heteroatoms. The van der Waals surface area contributed by atoms with Crippen LogP contribution in [0.15, 0.2) is 53.0 Å². The molecule has 7 nitrogen and oxygen atoms in total. The Morgan fingerprint density at radius 3 is 2.91 bits per heavy atom. The number of rotatable bonds is 11. The zero-order chi connectivity index (χ0) is 22.2. The molecule has 3 heterocycles. The highest BCUT2D eigenvalue weighted by molar-refractivity contribution is 7.99. The molecule has 2 aromatic heterocycles. The van der Waals surface area contributed by atoms with Gasteiger partial charge < -0.3 is 15.0 Å². The van der Waals surface area contributed by atoms with E-state index in [0.29, 0.717) is 12.3 Å². The largest absolute Gasteiger partial charge is 0.376 e. The van der Waals surface area contributed by atoms with Crippen LogP contribution in [0.1, 0.15) is 19.3 Å². The average molecular weight is 472 g/mol. The smallest absolute Gasteiger partial charge is 0.230 e. The van der Waals surface area contributed by atoms with Gasteiger partial charge in [-0.25, -0.2) is 0 Å². The van der Waals surface area contributed by atoms with Crippen molar-refractivity contribution >= 4 is 34.7 Å². The maximum Gasteiger partial charge on any atom is 0.230 e. The predicted octanol–water partition coefficient (Wildman–Crippen LogP) is 3.92. The highest BCUT2D eigenvalue weighted by atomic mass is 32.2. The molecule has 0 radical (unpaired) electrons. The van der Waals surface area contributed by atoms with Crippen LogP contribution < -0.4 is 10.2 Å². The van der Waals surface area contributed by atoms with Crippen molar-refractivity contribution in [3.63, 3.8) is 0 Å². The number of carbonyl (C=O) groups excluding carboxylic acids is 1. The van der Waals surface area contributed by atoms with Gasteiger partial charge in [-0.15, -0.1) is 21.5 Å². The summed E-state index contributed by atoms with van der Waals surface area (Å²) in [7, 11) is 2.07. The van der Waals surface area contributed by atoms with Crippen molar-refractivity contribution in [2.75, 3.05) is 37.4 Å². The van der Waals surface area contributed by atoms with E-state index in [2.05, 4.69) is 44.2 Å². The number of thiophene rings is 1. The Morgan fingerprint density at radius 1 is 1.28 bits per heavy atom. The van der Waals surface area contributed by atoms with Gasteiger partial charge in [-0.2, -0.15) is 0 Å². The summed E-state index contributed by atoms with van der Waals surface area (Å²) >= 11 is 3.08. The van der Waals surface area contributed by atoms with Gasteiger partial charge in [-0.05, 0) is 42.8 Å². The molecule has 1 aromatic carbocycles. The second-order valence-corrected chi connectivity index (χ2v) is 9.67. The maximum atomic E-state index is 12.4. The van der Waals surface area contributed by atoms with Crippen LogP contribution >= 0.6 is 23.1 Å². The minimum Gasteiger partial charge on any atom is -0.376 e. The number of anilines is 1. The van der Waals surface area contributed by atoms with Crippen molar-refractivity contribution in [1.29, 1.82) is 0 Å². The van der Waals surface area contributed by atoms with Gasteiger partial charge in [-0.3, -0.25) is 9.36 Å². The first kappa shape index (κ1) is 22.8. The summed E-state index contributed by atoms with van der Waals surface area (Å²) in [6.07, 6.45) is 3.20. The molecule has 1 aliphatic rings. The van der Waals surface area contributed by atoms with Gasteiger partial charge in [0.25, 0.3) is 0 Å². The molecule has 1 atom stereocenters. The van der Waals surface area contributed by atoms with Crippen molar-refractivity contribution in [2.45, 2.75) is 37.1 Å². The molecule has 1 saturated heterocycles. The number of amides is 1. The van der Waals surface area contributed by atoms with Gasteiger partial charge in [0.15, 0.2) is 11.0 Å². The first-order chi connectivity index (χ1) is 15.7. The Labute approximate surface area is 197 Å². The molecule has 1 aliphatic heterocycles. The Bertz CT molecular complexity index is 972. The summed E-state index contributed by atoms with van der Waals surface area (Å²) in [6, 6.07) is 14.3. The van der Waals surface area contributed by atoms with E-state index in [1.165, 1.54) is 17.4 Å². The van der Waals surface area contributed by atoms with E-state index < -0.39 is 0 Å². The van der Waals surface area contributed by atoms with Gasteiger partial charge >= 0.3 is 0 Å². The van der Waals surface area contributed by atoms with Gasteiger partial charge in [0.05, 0.1) is 23.3 Å². The van der Waals surface area contributed by atoms with Crippen LogP contribution in [-0.4, -0.2) is 59.3 Å². The van der Waals surface area contributed by atoms with E-state index in [0.717, 1.165) is 54.8 Å². The van der Waals surface area contributed by atoms with E-state index in [9.17, 15) is 4.79 Å². The van der Waals surface area contributed by atoms with Gasteiger partial charge in [0.1, 0.15) is 0 Å². The summed E-state index contributed by atoms with van der Waals surface area (Å²) < 4.78 is 7.94. The van der Waals surface area contributed by atoms with Crippen LogP contribution in [0, 0.1) is 0 Å². The molecule has 3 aromatic rings. The minimum atomic E-state index is 0.0155. The van der Waals surface area contributed by atoms with E-state index >= 15 is 0 Å². The molecule has 4 rings (SSSR count). The number of para-hydroxylation sites is 1. The third kappa shape index (κ3) is 6.11. The number of hydrogen-bond acceptors (Lipinski definition) is 7. The van der Waals surface area contributed by atoms with E-state index in [-0.39, 0.29) is 12.0 Å². The van der Waals surface area contributed by atoms with Crippen LogP contribution in [-0.2, 0) is 16.1 Å². The molecule has 170 valence electrons. The number of thioether (sulfide) groups is 1. The molecule has 1 N–H and O–H groups in total. The number of hydrogen-bond donors (Lipinski definition) is 1. The lowest BCUT2D eigenvalue weighted by Crippen LogP contribution is -2.29. The molecule has 32 heavy (non-hydrogen) atoms. The predicted molar refractivity (Wildman–Crippen MR) is 130 cm³/mol. The minimum absolute atomic E-state index is 0.0155. The first-order valence-corrected chi connectivity index (χ1v) is 12.8. The van der Waals surface area contributed by atoms with Crippen molar-refractivity contribution < 1.29 is 9.53 Å². The van der Waals surface area contributed by atoms with Crippen LogP contribution in [0.25, 0.3) is 10.7 Å². The van der Waals surface area contributed by atoms with Crippen LogP contribution in [0.2, 0.25) is 0 Å². The van der Waals surface area contributed by atoms with Crippen LogP contribution in [0.3, 0.4) is 0 Å². The molecular weight excluding hydrogens is 442 g/mol. The van der Waals surface area contributed by atoms with Crippen molar-refractivity contribution in [3.05, 3.63) is 47.8 Å². The maximum absolute atomic E-state index is 12.4. The number of nitrogens with one attached hydrogen (secondary N) is 1. The number of carbonyl (C=O) groups is 1. The summed E-state index contributed by atoms with van der Waals surface area (Å²) in [5, 5.41) is 14.6. The second kappa shape index (κ2) is 11.5. The first-order valence-electron chi connectivity index (χ1n) is 10.9. The molecule has 0 spiro atoms. The normalized spacial score (nSPS) is 15.7. The number of ether oxygens (including phenoxy) is 1. The molecular formula is C23H29N5O2S2. The monoisotopic (exact) mass is 471 g/mol. The third-order valence-corrected chi connectivity index (χ3v) is 7.22. The van der Waals surface area contributed by atoms with E-state index in [1.54, 1.807) is 11.3 Å². The summed E-state index contributed by atoms with van der Waals surface area (Å²) in [4.78, 5) is 15.7. The van der Waals surface area contributed by atoms with Crippen molar-refractivity contribution in [2.24, 2.45) is 0 Å². The lowest BCUT2D eigenvalue weighted by Gasteiger charge is -2.19. The SMILES string of the molecule is CN(CCCNC(=O)CSc1nnc(-c2cccs2)n1C[C@@H]1CCCO1)c1ccccc1. The molecule has 1 amide bonds. The fourth-order valence-corrected chi connectivity index (χ4v) is 5.17.